The molecule has 0 aromatic heterocycles. The summed E-state index contributed by atoms with van der Waals surface area (Å²) in [6, 6.07) is 8.73. The van der Waals surface area contributed by atoms with Crippen LogP contribution in [-0.4, -0.2) is 22.6 Å². The van der Waals surface area contributed by atoms with Gasteiger partial charge in [0.15, 0.2) is 6.04 Å². The maximum atomic E-state index is 14.3. The third-order valence-electron chi connectivity index (χ3n) is 5.00. The molecule has 27 heavy (non-hydrogen) atoms. The van der Waals surface area contributed by atoms with E-state index in [0.717, 1.165) is 16.0 Å². The number of fused-ring (bicyclic) bond motifs is 1. The first-order valence-corrected chi connectivity index (χ1v) is 9.17. The zero-order valence-electron chi connectivity index (χ0n) is 16.0. The summed E-state index contributed by atoms with van der Waals surface area (Å²) in [5.41, 5.74) is 2.60. The van der Waals surface area contributed by atoms with Crippen molar-refractivity contribution in [2.75, 3.05) is 0 Å². The fraction of sp³-hybridized carbons (Fsp3) is 0.476. The lowest BCUT2D eigenvalue weighted by Gasteiger charge is -2.38. The molecule has 1 amide bonds. The molecule has 0 spiro atoms. The molecule has 3 rings (SSSR count). The molecule has 0 radical (unpaired) electrons. The maximum Gasteiger partial charge on any atom is 0.409 e. The van der Waals surface area contributed by atoms with Crippen molar-refractivity contribution in [2.45, 2.75) is 58.3 Å². The number of nitrogens with one attached hydrogen (secondary N) is 1. The minimum Gasteiger partial charge on any atom is -0.287 e. The van der Waals surface area contributed by atoms with Gasteiger partial charge in [-0.25, -0.2) is 0 Å². The molecule has 0 saturated carbocycles. The number of nitrogens with zero attached hydrogens (tertiary/aromatic N) is 1. The first-order chi connectivity index (χ1) is 12.5. The van der Waals surface area contributed by atoms with Crippen LogP contribution in [0.5, 0.6) is 0 Å². The summed E-state index contributed by atoms with van der Waals surface area (Å²) in [5, 5.41) is 2.49. The van der Waals surface area contributed by atoms with Crippen LogP contribution in [0.1, 0.15) is 51.3 Å². The van der Waals surface area contributed by atoms with Gasteiger partial charge in [-0.05, 0) is 48.1 Å². The summed E-state index contributed by atoms with van der Waals surface area (Å²) < 4.78 is 42.8. The fourth-order valence-corrected chi connectivity index (χ4v) is 3.97. The molecule has 0 aliphatic carbocycles. The van der Waals surface area contributed by atoms with Crippen LogP contribution < -0.4 is 5.43 Å². The van der Waals surface area contributed by atoms with Crippen LogP contribution in [-0.2, 0) is 11.2 Å². The van der Waals surface area contributed by atoms with E-state index in [4.69, 9.17) is 0 Å². The standard InChI is InChI=1S/C21H25F3N2O/c1-13(2)11-15-9-5-7-14-8-6-10-16(18(14)15)19(21(22,23)24)26-20(3,4)12-17(27)25-26/h5-10,13,19H,11-12H2,1-4H3,(H,25,27). The number of benzene rings is 2. The highest BCUT2D eigenvalue weighted by Crippen LogP contribution is 2.45. The second-order valence-corrected chi connectivity index (χ2v) is 8.30. The Hall–Kier alpha value is -2.08. The Morgan fingerprint density at radius 2 is 1.78 bits per heavy atom. The highest BCUT2D eigenvalue weighted by molar-refractivity contribution is 5.89. The molecule has 2 aromatic rings. The lowest BCUT2D eigenvalue weighted by Crippen LogP contribution is -2.51. The lowest BCUT2D eigenvalue weighted by atomic mass is 9.89. The summed E-state index contributed by atoms with van der Waals surface area (Å²) in [5.74, 6) is -0.0761. The van der Waals surface area contributed by atoms with E-state index >= 15 is 0 Å². The molecule has 1 N–H and O–H groups in total. The molecule has 0 bridgehead atoms. The Morgan fingerprint density at radius 3 is 2.30 bits per heavy atom. The number of amides is 1. The van der Waals surface area contributed by atoms with Gasteiger partial charge in [-0.2, -0.15) is 18.2 Å². The largest absolute Gasteiger partial charge is 0.409 e. The molecule has 1 fully saturated rings. The molecule has 1 atom stereocenters. The predicted octanol–water partition coefficient (Wildman–Crippen LogP) is 5.16. The van der Waals surface area contributed by atoms with Crippen molar-refractivity contribution in [1.82, 2.24) is 10.4 Å². The topological polar surface area (TPSA) is 32.3 Å². The monoisotopic (exact) mass is 378 g/mol. The Morgan fingerprint density at radius 1 is 1.15 bits per heavy atom. The van der Waals surface area contributed by atoms with Gasteiger partial charge in [0.1, 0.15) is 0 Å². The molecule has 1 aliphatic rings. The molecule has 1 heterocycles. The van der Waals surface area contributed by atoms with Crippen molar-refractivity contribution >= 4 is 16.7 Å². The van der Waals surface area contributed by atoms with Crippen molar-refractivity contribution in [3.8, 4) is 0 Å². The molecule has 6 heteroatoms. The SMILES string of the molecule is CC(C)Cc1cccc2cccc(C(N3NC(=O)CC3(C)C)C(F)(F)F)c12. The van der Waals surface area contributed by atoms with Crippen molar-refractivity contribution < 1.29 is 18.0 Å². The average molecular weight is 378 g/mol. The van der Waals surface area contributed by atoms with Crippen molar-refractivity contribution in [1.29, 1.82) is 0 Å². The lowest BCUT2D eigenvalue weighted by molar-refractivity contribution is -0.203. The zero-order chi connectivity index (χ0) is 20.0. The number of carbonyl (C=O) groups is 1. The van der Waals surface area contributed by atoms with Crippen LogP contribution in [0, 0.1) is 5.92 Å². The van der Waals surface area contributed by atoms with Gasteiger partial charge < -0.3 is 0 Å². The van der Waals surface area contributed by atoms with E-state index in [9.17, 15) is 18.0 Å². The first-order valence-electron chi connectivity index (χ1n) is 9.17. The molecule has 1 saturated heterocycles. The zero-order valence-corrected chi connectivity index (χ0v) is 16.0. The van der Waals surface area contributed by atoms with E-state index in [-0.39, 0.29) is 12.0 Å². The van der Waals surface area contributed by atoms with E-state index < -0.39 is 23.7 Å². The normalized spacial score (nSPS) is 18.9. The van der Waals surface area contributed by atoms with E-state index in [1.165, 1.54) is 6.07 Å². The second-order valence-electron chi connectivity index (χ2n) is 8.30. The number of rotatable bonds is 4. The quantitative estimate of drug-likeness (QED) is 0.797. The molecule has 2 aromatic carbocycles. The van der Waals surface area contributed by atoms with Crippen LogP contribution in [0.15, 0.2) is 36.4 Å². The number of halogens is 3. The minimum atomic E-state index is -4.53. The summed E-state index contributed by atoms with van der Waals surface area (Å²) >= 11 is 0. The van der Waals surface area contributed by atoms with Crippen LogP contribution >= 0.6 is 0 Å². The molecule has 1 unspecified atom stereocenters. The Kier molecular flexibility index (Phi) is 4.97. The molecular formula is C21H25F3N2O. The van der Waals surface area contributed by atoms with Gasteiger partial charge in [-0.3, -0.25) is 10.2 Å². The third-order valence-corrected chi connectivity index (χ3v) is 5.00. The summed E-state index contributed by atoms with van der Waals surface area (Å²) in [6.07, 6.45) is -3.81. The van der Waals surface area contributed by atoms with Crippen LogP contribution in [0.4, 0.5) is 13.2 Å². The van der Waals surface area contributed by atoms with Crippen LogP contribution in [0.2, 0.25) is 0 Å². The number of alkyl halides is 3. The fourth-order valence-electron chi connectivity index (χ4n) is 3.97. The first kappa shape index (κ1) is 19.7. The summed E-state index contributed by atoms with van der Waals surface area (Å²) in [4.78, 5) is 11.9. The minimum absolute atomic E-state index is 0.0309. The molecular weight excluding hydrogens is 353 g/mol. The van der Waals surface area contributed by atoms with Crippen molar-refractivity contribution in [3.63, 3.8) is 0 Å². The van der Waals surface area contributed by atoms with Gasteiger partial charge in [0.25, 0.3) is 0 Å². The Labute approximate surface area is 157 Å². The van der Waals surface area contributed by atoms with Gasteiger partial charge >= 0.3 is 6.18 Å². The second kappa shape index (κ2) is 6.82. The van der Waals surface area contributed by atoms with E-state index in [2.05, 4.69) is 5.43 Å². The van der Waals surface area contributed by atoms with E-state index in [0.29, 0.717) is 17.7 Å². The summed E-state index contributed by atoms with van der Waals surface area (Å²) in [6.45, 7) is 7.41. The smallest absolute Gasteiger partial charge is 0.287 e. The van der Waals surface area contributed by atoms with Gasteiger partial charge in [0, 0.05) is 12.0 Å². The number of hydrogen-bond donors (Lipinski definition) is 1. The Bertz CT molecular complexity index is 853. The summed E-state index contributed by atoms with van der Waals surface area (Å²) in [7, 11) is 0. The Balaban J connectivity index is 2.24. The number of hydrogen-bond acceptors (Lipinski definition) is 2. The highest BCUT2D eigenvalue weighted by Gasteiger charge is 2.53. The van der Waals surface area contributed by atoms with Gasteiger partial charge in [-0.15, -0.1) is 0 Å². The van der Waals surface area contributed by atoms with Crippen LogP contribution in [0.25, 0.3) is 10.8 Å². The third kappa shape index (κ3) is 3.81. The molecule has 146 valence electrons. The van der Waals surface area contributed by atoms with Gasteiger partial charge in [0.2, 0.25) is 5.91 Å². The van der Waals surface area contributed by atoms with E-state index in [1.807, 2.05) is 38.1 Å². The average Bonchev–Trinajstić information content (AvgIpc) is 2.78. The van der Waals surface area contributed by atoms with Gasteiger partial charge in [0.05, 0.1) is 0 Å². The van der Waals surface area contributed by atoms with E-state index in [1.54, 1.807) is 19.9 Å². The van der Waals surface area contributed by atoms with Gasteiger partial charge in [-0.1, -0.05) is 50.2 Å². The maximum absolute atomic E-state index is 14.3. The predicted molar refractivity (Wildman–Crippen MR) is 100.0 cm³/mol. The molecule has 1 aliphatic heterocycles. The highest BCUT2D eigenvalue weighted by atomic mass is 19.4. The van der Waals surface area contributed by atoms with Crippen LogP contribution in [0.3, 0.4) is 0 Å². The van der Waals surface area contributed by atoms with Crippen molar-refractivity contribution in [2.24, 2.45) is 5.92 Å². The van der Waals surface area contributed by atoms with Crippen molar-refractivity contribution in [3.05, 3.63) is 47.5 Å². The number of hydrazine groups is 1. The molecule has 3 nitrogen and oxygen atoms in total. The number of carbonyl (C=O) groups excluding carboxylic acids is 1.